The molecule has 266 valence electrons. The molecule has 3 unspecified atom stereocenters. The minimum Gasteiger partial charge on any atom is -0.414 e. The average molecular weight is 706 g/mol. The van der Waals surface area contributed by atoms with Gasteiger partial charge < -0.3 is 24.5 Å². The van der Waals surface area contributed by atoms with Crippen LogP contribution in [-0.4, -0.2) is 74.7 Å². The lowest BCUT2D eigenvalue weighted by Gasteiger charge is -2.25. The zero-order valence-electron chi connectivity index (χ0n) is 28.5. The number of ketones is 1. The molecular formula is C36H43N5O8S. The molecule has 14 heteroatoms. The van der Waals surface area contributed by atoms with Crippen molar-refractivity contribution in [2.45, 2.75) is 63.2 Å². The molecule has 0 bridgehead atoms. The number of aromatic nitrogens is 2. The highest BCUT2D eigenvalue weighted by Crippen LogP contribution is 2.19. The number of carbonyl (C=O) groups excluding carboxylic acids is 3. The Balaban J connectivity index is 1.51. The number of nitrogens with zero attached hydrogens (tertiary/aromatic N) is 2. The fourth-order valence-electron chi connectivity index (χ4n) is 4.84. The average Bonchev–Trinajstić information content (AvgIpc) is 3.60. The van der Waals surface area contributed by atoms with Crippen LogP contribution in [0.1, 0.15) is 48.5 Å². The van der Waals surface area contributed by atoms with E-state index in [2.05, 4.69) is 25.6 Å². The molecule has 4 aromatic rings. The SMILES string of the molecule is COCC(NC(=O)C(COCc1ccccc1)NS(=O)(=O)c1ccc(C)cc1)C(=O)NC(CCC(C)C)C(=O)c1nnc(-c2ccccc2)o1. The van der Waals surface area contributed by atoms with Gasteiger partial charge in [0, 0.05) is 12.7 Å². The molecule has 0 spiro atoms. The van der Waals surface area contributed by atoms with E-state index in [9.17, 15) is 22.8 Å². The van der Waals surface area contributed by atoms with Gasteiger partial charge in [-0.2, -0.15) is 4.72 Å². The maximum Gasteiger partial charge on any atom is 0.286 e. The molecule has 3 atom stereocenters. The lowest BCUT2D eigenvalue weighted by Crippen LogP contribution is -2.58. The molecule has 3 N–H and O–H groups in total. The number of Topliss-reactive ketones (excluding diaryl/α,β-unsaturated/α-hetero) is 1. The Hall–Kier alpha value is -4.76. The minimum atomic E-state index is -4.17. The zero-order valence-corrected chi connectivity index (χ0v) is 29.3. The van der Waals surface area contributed by atoms with Crippen LogP contribution in [0.3, 0.4) is 0 Å². The molecule has 3 aromatic carbocycles. The highest BCUT2D eigenvalue weighted by atomic mass is 32.2. The van der Waals surface area contributed by atoms with Crippen LogP contribution in [0.4, 0.5) is 0 Å². The summed E-state index contributed by atoms with van der Waals surface area (Å²) < 4.78 is 45.7. The first kappa shape index (κ1) is 38.0. The normalized spacial score (nSPS) is 13.4. The predicted molar refractivity (Wildman–Crippen MR) is 185 cm³/mol. The summed E-state index contributed by atoms with van der Waals surface area (Å²) in [5.74, 6) is -2.06. The summed E-state index contributed by atoms with van der Waals surface area (Å²) >= 11 is 0. The Kier molecular flexibility index (Phi) is 13.9. The summed E-state index contributed by atoms with van der Waals surface area (Å²) in [6, 6.07) is 20.5. The second-order valence-electron chi connectivity index (χ2n) is 12.2. The van der Waals surface area contributed by atoms with Crippen LogP contribution in [0.25, 0.3) is 11.5 Å². The first-order valence-electron chi connectivity index (χ1n) is 16.2. The highest BCUT2D eigenvalue weighted by Gasteiger charge is 2.33. The maximum atomic E-state index is 13.7. The Morgan fingerprint density at radius 1 is 0.780 bits per heavy atom. The number of methoxy groups -OCH3 is 1. The number of carbonyl (C=O) groups is 3. The van der Waals surface area contributed by atoms with Gasteiger partial charge in [0.05, 0.1) is 30.8 Å². The van der Waals surface area contributed by atoms with E-state index < -0.39 is 45.7 Å². The Bertz CT molecular complexity index is 1800. The monoisotopic (exact) mass is 705 g/mol. The molecule has 0 fully saturated rings. The number of hydrogen-bond donors (Lipinski definition) is 3. The van der Waals surface area contributed by atoms with Crippen LogP contribution in [0.5, 0.6) is 0 Å². The molecule has 0 saturated heterocycles. The van der Waals surface area contributed by atoms with Crippen molar-refractivity contribution >= 4 is 27.6 Å². The first-order chi connectivity index (χ1) is 24.0. The molecular weight excluding hydrogens is 662 g/mol. The second-order valence-corrected chi connectivity index (χ2v) is 13.9. The Labute approximate surface area is 292 Å². The van der Waals surface area contributed by atoms with Gasteiger partial charge in [-0.25, -0.2) is 8.42 Å². The third kappa shape index (κ3) is 11.1. The lowest BCUT2D eigenvalue weighted by atomic mass is 10.00. The van der Waals surface area contributed by atoms with Gasteiger partial charge in [-0.05, 0) is 55.5 Å². The maximum absolute atomic E-state index is 13.7. The van der Waals surface area contributed by atoms with Crippen molar-refractivity contribution in [2.24, 2.45) is 5.92 Å². The van der Waals surface area contributed by atoms with Gasteiger partial charge in [-0.15, -0.1) is 10.2 Å². The van der Waals surface area contributed by atoms with E-state index >= 15 is 0 Å². The van der Waals surface area contributed by atoms with Crippen molar-refractivity contribution in [1.29, 1.82) is 0 Å². The van der Waals surface area contributed by atoms with Gasteiger partial charge in [-0.3, -0.25) is 14.4 Å². The summed E-state index contributed by atoms with van der Waals surface area (Å²) in [5, 5.41) is 13.2. The number of ether oxygens (including phenoxy) is 2. The standard InChI is InChI=1S/C36H43N5O8S/c1-24(2)15-20-29(32(42)36-40-39-35(49-36)27-13-9-6-10-14-27)37-33(43)30(22-47-4)38-34(44)31(23-48-21-26-11-7-5-8-12-26)41-50(45,46)28-18-16-25(3)17-19-28/h5-14,16-19,24,29-31,41H,15,20-23H2,1-4H3,(H,37,43)(H,38,44). The fraction of sp³-hybridized carbons (Fsp3) is 0.361. The number of aryl methyl sites for hydroxylation is 1. The summed E-state index contributed by atoms with van der Waals surface area (Å²) in [6.07, 6.45) is 0.838. The largest absolute Gasteiger partial charge is 0.414 e. The topological polar surface area (TPSA) is 179 Å². The molecule has 0 saturated carbocycles. The summed E-state index contributed by atoms with van der Waals surface area (Å²) in [5.41, 5.74) is 2.31. The second kappa shape index (κ2) is 18.3. The molecule has 13 nitrogen and oxygen atoms in total. The summed E-state index contributed by atoms with van der Waals surface area (Å²) in [7, 11) is -2.82. The number of amides is 2. The van der Waals surface area contributed by atoms with E-state index in [1.807, 2.05) is 57.2 Å². The van der Waals surface area contributed by atoms with Crippen molar-refractivity contribution < 1.29 is 36.7 Å². The van der Waals surface area contributed by atoms with Gasteiger partial charge in [0.25, 0.3) is 5.89 Å². The minimum absolute atomic E-state index is 0.0434. The highest BCUT2D eigenvalue weighted by molar-refractivity contribution is 7.89. The number of sulfonamides is 1. The van der Waals surface area contributed by atoms with Crippen LogP contribution in [0.2, 0.25) is 0 Å². The van der Waals surface area contributed by atoms with Crippen molar-refractivity contribution in [1.82, 2.24) is 25.6 Å². The number of hydrogen-bond acceptors (Lipinski definition) is 10. The fourth-order valence-corrected chi connectivity index (χ4v) is 6.02. The number of nitrogens with one attached hydrogen (secondary N) is 3. The van der Waals surface area contributed by atoms with E-state index in [0.717, 1.165) is 11.1 Å². The van der Waals surface area contributed by atoms with Gasteiger partial charge in [0.2, 0.25) is 33.5 Å². The molecule has 0 aliphatic heterocycles. The molecule has 2 amide bonds. The quantitative estimate of drug-likeness (QED) is 0.121. The van der Waals surface area contributed by atoms with Crippen LogP contribution < -0.4 is 15.4 Å². The van der Waals surface area contributed by atoms with Crippen molar-refractivity contribution in [3.05, 3.63) is 102 Å². The Morgan fingerprint density at radius 2 is 1.40 bits per heavy atom. The molecule has 1 heterocycles. The van der Waals surface area contributed by atoms with Gasteiger partial charge >= 0.3 is 0 Å². The van der Waals surface area contributed by atoms with Crippen LogP contribution in [0, 0.1) is 12.8 Å². The molecule has 4 rings (SSSR count). The van der Waals surface area contributed by atoms with Crippen molar-refractivity contribution in [3.8, 4) is 11.5 Å². The van der Waals surface area contributed by atoms with E-state index in [-0.39, 0.29) is 48.8 Å². The summed E-state index contributed by atoms with van der Waals surface area (Å²) in [6.45, 7) is 5.28. The molecule has 1 aromatic heterocycles. The smallest absolute Gasteiger partial charge is 0.286 e. The van der Waals surface area contributed by atoms with Gasteiger partial charge in [0.1, 0.15) is 12.1 Å². The van der Waals surface area contributed by atoms with Crippen molar-refractivity contribution in [2.75, 3.05) is 20.3 Å². The van der Waals surface area contributed by atoms with Crippen LogP contribution >= 0.6 is 0 Å². The van der Waals surface area contributed by atoms with E-state index in [1.54, 1.807) is 36.4 Å². The predicted octanol–water partition coefficient (Wildman–Crippen LogP) is 3.84. The zero-order chi connectivity index (χ0) is 36.1. The van der Waals surface area contributed by atoms with E-state index in [4.69, 9.17) is 13.9 Å². The number of benzene rings is 3. The molecule has 50 heavy (non-hydrogen) atoms. The first-order valence-corrected chi connectivity index (χ1v) is 17.7. The van der Waals surface area contributed by atoms with Crippen LogP contribution in [-0.2, 0) is 35.7 Å². The van der Waals surface area contributed by atoms with E-state index in [0.29, 0.717) is 12.0 Å². The van der Waals surface area contributed by atoms with Crippen LogP contribution in [0.15, 0.2) is 94.2 Å². The molecule has 0 radical (unpaired) electrons. The third-order valence-corrected chi connectivity index (χ3v) is 9.12. The molecule has 0 aliphatic carbocycles. The summed E-state index contributed by atoms with van der Waals surface area (Å²) in [4.78, 5) is 40.9. The van der Waals surface area contributed by atoms with Crippen molar-refractivity contribution in [3.63, 3.8) is 0 Å². The Morgan fingerprint density at radius 3 is 2.04 bits per heavy atom. The third-order valence-electron chi connectivity index (χ3n) is 7.63. The van der Waals surface area contributed by atoms with Gasteiger partial charge in [-0.1, -0.05) is 80.1 Å². The lowest BCUT2D eigenvalue weighted by molar-refractivity contribution is -0.132. The van der Waals surface area contributed by atoms with E-state index in [1.165, 1.54) is 19.2 Å². The molecule has 0 aliphatic rings. The van der Waals surface area contributed by atoms with Gasteiger partial charge in [0.15, 0.2) is 0 Å². The number of rotatable bonds is 19.